The van der Waals surface area contributed by atoms with Gasteiger partial charge in [-0.1, -0.05) is 30.3 Å². The van der Waals surface area contributed by atoms with E-state index in [-0.39, 0.29) is 29.3 Å². The lowest BCUT2D eigenvalue weighted by molar-refractivity contribution is -0.150. The van der Waals surface area contributed by atoms with E-state index in [1.165, 1.54) is 16.7 Å². The molecule has 23 heavy (non-hydrogen) atoms. The molecule has 2 amide bonds. The van der Waals surface area contributed by atoms with Crippen LogP contribution >= 0.6 is 11.8 Å². The minimum Gasteiger partial charge on any atom is -0.477 e. The maximum atomic E-state index is 12.2. The number of rotatable bonds is 4. The summed E-state index contributed by atoms with van der Waals surface area (Å²) in [5, 5.41) is 11.6. The van der Waals surface area contributed by atoms with Gasteiger partial charge in [0.15, 0.2) is 0 Å². The average Bonchev–Trinajstić information content (AvgIpc) is 2.53. The maximum absolute atomic E-state index is 12.2. The Hall–Kier alpha value is -2.28. The van der Waals surface area contributed by atoms with Crippen LogP contribution in [-0.2, 0) is 20.8 Å². The van der Waals surface area contributed by atoms with Gasteiger partial charge in [-0.3, -0.25) is 14.5 Å². The van der Waals surface area contributed by atoms with Crippen molar-refractivity contribution in [3.8, 4) is 0 Å². The highest BCUT2D eigenvalue weighted by Gasteiger charge is 2.53. The second-order valence-electron chi connectivity index (χ2n) is 5.55. The number of fused-ring (bicyclic) bond motifs is 1. The van der Waals surface area contributed by atoms with Crippen molar-refractivity contribution in [2.45, 2.75) is 24.8 Å². The molecule has 1 saturated heterocycles. The molecule has 0 bridgehead atoms. The van der Waals surface area contributed by atoms with Gasteiger partial charge in [0.05, 0.1) is 6.42 Å². The highest BCUT2D eigenvalue weighted by atomic mass is 32.2. The van der Waals surface area contributed by atoms with E-state index in [0.29, 0.717) is 11.3 Å². The predicted molar refractivity (Wildman–Crippen MR) is 85.5 cm³/mol. The molecule has 120 valence electrons. The van der Waals surface area contributed by atoms with Gasteiger partial charge in [-0.15, -0.1) is 11.8 Å². The summed E-state index contributed by atoms with van der Waals surface area (Å²) in [6.45, 7) is 1.71. The fourth-order valence-electron chi connectivity index (χ4n) is 2.78. The number of carbonyl (C=O) groups is 3. The minimum absolute atomic E-state index is 0.0484. The van der Waals surface area contributed by atoms with Crippen LogP contribution in [0.3, 0.4) is 0 Å². The number of thioether (sulfide) groups is 1. The van der Waals surface area contributed by atoms with Crippen LogP contribution in [0.5, 0.6) is 0 Å². The first-order valence-corrected chi connectivity index (χ1v) is 8.25. The third kappa shape index (κ3) is 2.84. The lowest BCUT2D eigenvalue weighted by Crippen LogP contribution is -2.70. The van der Waals surface area contributed by atoms with Gasteiger partial charge >= 0.3 is 5.97 Å². The molecule has 2 aliphatic heterocycles. The van der Waals surface area contributed by atoms with Crippen LogP contribution in [0, 0.1) is 0 Å². The largest absolute Gasteiger partial charge is 0.477 e. The molecule has 2 atom stereocenters. The SMILES string of the molecule is CC1=C(C(=O)O)N2C(=O)[C@@H](NC(=O)Cc3ccccc3)C2SC1. The number of carboxylic acids is 1. The topological polar surface area (TPSA) is 86.7 Å². The smallest absolute Gasteiger partial charge is 0.352 e. The maximum Gasteiger partial charge on any atom is 0.352 e. The van der Waals surface area contributed by atoms with Gasteiger partial charge in [0.25, 0.3) is 5.91 Å². The number of amides is 2. The number of benzene rings is 1. The highest BCUT2D eigenvalue weighted by Crippen LogP contribution is 2.40. The molecule has 1 aromatic carbocycles. The van der Waals surface area contributed by atoms with Crippen LogP contribution in [0.4, 0.5) is 0 Å². The zero-order chi connectivity index (χ0) is 16.6. The molecule has 0 saturated carbocycles. The monoisotopic (exact) mass is 332 g/mol. The van der Waals surface area contributed by atoms with Crippen molar-refractivity contribution in [2.24, 2.45) is 0 Å². The Labute approximate surface area is 137 Å². The molecule has 7 heteroatoms. The van der Waals surface area contributed by atoms with Gasteiger partial charge < -0.3 is 10.4 Å². The second kappa shape index (κ2) is 6.08. The Kier molecular flexibility index (Phi) is 4.12. The first-order valence-electron chi connectivity index (χ1n) is 7.20. The molecule has 2 heterocycles. The summed E-state index contributed by atoms with van der Waals surface area (Å²) < 4.78 is 0. The van der Waals surface area contributed by atoms with E-state index < -0.39 is 12.0 Å². The lowest BCUT2D eigenvalue weighted by atomic mass is 10.0. The first kappa shape index (κ1) is 15.6. The lowest BCUT2D eigenvalue weighted by Gasteiger charge is -2.49. The van der Waals surface area contributed by atoms with Gasteiger partial charge in [-0.25, -0.2) is 4.79 Å². The summed E-state index contributed by atoms with van der Waals surface area (Å²) in [4.78, 5) is 36.9. The molecule has 1 unspecified atom stereocenters. The van der Waals surface area contributed by atoms with Gasteiger partial charge in [0.1, 0.15) is 17.1 Å². The standard InChI is InChI=1S/C16H16N2O4S/c1-9-8-23-15-12(14(20)18(15)13(9)16(21)22)17-11(19)7-10-5-3-2-4-6-10/h2-6,12,15H,7-8H2,1H3,(H,17,19)(H,21,22)/t12-,15?/m1/s1. The molecule has 1 aromatic rings. The highest BCUT2D eigenvalue weighted by molar-refractivity contribution is 8.00. The Morgan fingerprint density at radius 3 is 2.70 bits per heavy atom. The zero-order valence-corrected chi connectivity index (χ0v) is 13.3. The van der Waals surface area contributed by atoms with E-state index in [2.05, 4.69) is 5.32 Å². The summed E-state index contributed by atoms with van der Waals surface area (Å²) in [7, 11) is 0. The normalized spacial score (nSPS) is 23.2. The van der Waals surface area contributed by atoms with Crippen LogP contribution in [0.1, 0.15) is 12.5 Å². The fraction of sp³-hybridized carbons (Fsp3) is 0.312. The Balaban J connectivity index is 1.67. The molecule has 6 nitrogen and oxygen atoms in total. The van der Waals surface area contributed by atoms with E-state index in [9.17, 15) is 19.5 Å². The Bertz CT molecular complexity index is 701. The van der Waals surface area contributed by atoms with Crippen molar-refractivity contribution in [1.82, 2.24) is 10.2 Å². The van der Waals surface area contributed by atoms with Crippen molar-refractivity contribution >= 4 is 29.5 Å². The van der Waals surface area contributed by atoms with Crippen LogP contribution < -0.4 is 5.32 Å². The van der Waals surface area contributed by atoms with Gasteiger partial charge in [-0.05, 0) is 18.1 Å². The van der Waals surface area contributed by atoms with E-state index >= 15 is 0 Å². The molecule has 0 radical (unpaired) electrons. The Morgan fingerprint density at radius 1 is 1.35 bits per heavy atom. The number of hydrogen-bond donors (Lipinski definition) is 2. The molecule has 3 rings (SSSR count). The van der Waals surface area contributed by atoms with Gasteiger partial charge in [0.2, 0.25) is 5.91 Å². The number of carboxylic acid groups (broad SMARTS) is 1. The van der Waals surface area contributed by atoms with E-state index in [0.717, 1.165) is 5.56 Å². The number of aliphatic carboxylic acids is 1. The van der Waals surface area contributed by atoms with Gasteiger partial charge in [-0.2, -0.15) is 0 Å². The summed E-state index contributed by atoms with van der Waals surface area (Å²) in [5.74, 6) is -1.16. The first-order chi connectivity index (χ1) is 11.0. The van der Waals surface area contributed by atoms with Crippen molar-refractivity contribution in [3.05, 3.63) is 47.2 Å². The molecule has 0 aromatic heterocycles. The van der Waals surface area contributed by atoms with Crippen molar-refractivity contribution in [3.63, 3.8) is 0 Å². The number of β-lactam (4-membered cyclic amide) rings is 1. The van der Waals surface area contributed by atoms with Crippen LogP contribution in [0.2, 0.25) is 0 Å². The van der Waals surface area contributed by atoms with E-state index in [1.54, 1.807) is 6.92 Å². The number of carbonyl (C=O) groups excluding carboxylic acids is 2. The number of nitrogens with zero attached hydrogens (tertiary/aromatic N) is 1. The second-order valence-corrected chi connectivity index (χ2v) is 6.66. The molecular weight excluding hydrogens is 316 g/mol. The molecule has 2 N–H and O–H groups in total. The van der Waals surface area contributed by atoms with E-state index in [1.807, 2.05) is 30.3 Å². The minimum atomic E-state index is -1.10. The number of hydrogen-bond acceptors (Lipinski definition) is 4. The van der Waals surface area contributed by atoms with Crippen molar-refractivity contribution in [2.75, 3.05) is 5.75 Å². The Morgan fingerprint density at radius 2 is 2.04 bits per heavy atom. The predicted octanol–water partition coefficient (Wildman–Crippen LogP) is 0.988. The van der Waals surface area contributed by atoms with E-state index in [4.69, 9.17) is 0 Å². The van der Waals surface area contributed by atoms with Crippen LogP contribution in [-0.4, -0.2) is 45.0 Å². The summed E-state index contributed by atoms with van der Waals surface area (Å²) in [6, 6.07) is 8.61. The van der Waals surface area contributed by atoms with Crippen LogP contribution in [0.15, 0.2) is 41.6 Å². The zero-order valence-electron chi connectivity index (χ0n) is 12.5. The summed E-state index contributed by atoms with van der Waals surface area (Å²) in [5.41, 5.74) is 1.58. The summed E-state index contributed by atoms with van der Waals surface area (Å²) >= 11 is 1.47. The van der Waals surface area contributed by atoms with Gasteiger partial charge in [0, 0.05) is 5.75 Å². The van der Waals surface area contributed by atoms with Crippen molar-refractivity contribution < 1.29 is 19.5 Å². The molecule has 2 aliphatic rings. The molecule has 1 fully saturated rings. The molecule has 0 spiro atoms. The third-order valence-corrected chi connectivity index (χ3v) is 5.31. The molecular formula is C16H16N2O4S. The summed E-state index contributed by atoms with van der Waals surface area (Å²) in [6.07, 6.45) is 0.197. The fourth-order valence-corrected chi connectivity index (χ4v) is 4.07. The third-order valence-electron chi connectivity index (χ3n) is 3.89. The quantitative estimate of drug-likeness (QED) is 0.803. The average molecular weight is 332 g/mol. The number of nitrogens with one attached hydrogen (secondary N) is 1. The molecule has 0 aliphatic carbocycles. The van der Waals surface area contributed by atoms with Crippen LogP contribution in [0.25, 0.3) is 0 Å². The van der Waals surface area contributed by atoms with Crippen molar-refractivity contribution in [1.29, 1.82) is 0 Å².